The summed E-state index contributed by atoms with van der Waals surface area (Å²) in [6.07, 6.45) is 3.25. The normalized spacial score (nSPS) is 17.4. The number of carboxylic acid groups (broad SMARTS) is 1. The smallest absolute Gasteiger partial charge is 0.306 e. The second-order valence-electron chi connectivity index (χ2n) is 4.46. The number of aliphatic carboxylic acids is 1. The molecule has 1 atom stereocenters. The second kappa shape index (κ2) is 4.05. The fraction of sp³-hybridized carbons (Fsp3) is 0.462. The lowest BCUT2D eigenvalue weighted by Gasteiger charge is -2.06. The number of hydrogen-bond acceptors (Lipinski definition) is 1. The van der Waals surface area contributed by atoms with Crippen LogP contribution in [0.1, 0.15) is 36.8 Å². The van der Waals surface area contributed by atoms with Gasteiger partial charge in [-0.1, -0.05) is 31.2 Å². The Morgan fingerprint density at radius 3 is 2.47 bits per heavy atom. The van der Waals surface area contributed by atoms with E-state index < -0.39 is 5.97 Å². The number of benzene rings is 1. The van der Waals surface area contributed by atoms with Gasteiger partial charge in [0.2, 0.25) is 0 Å². The Morgan fingerprint density at radius 2 is 2.00 bits per heavy atom. The molecule has 2 nitrogen and oxygen atoms in total. The minimum Gasteiger partial charge on any atom is -0.481 e. The van der Waals surface area contributed by atoms with Crippen LogP contribution in [0.15, 0.2) is 24.3 Å². The van der Waals surface area contributed by atoms with Crippen molar-refractivity contribution >= 4 is 5.97 Å². The third-order valence-corrected chi connectivity index (χ3v) is 2.99. The van der Waals surface area contributed by atoms with Crippen molar-refractivity contribution in [3.63, 3.8) is 0 Å². The van der Waals surface area contributed by atoms with Crippen LogP contribution in [-0.4, -0.2) is 11.1 Å². The Kier molecular flexibility index (Phi) is 2.76. The highest BCUT2D eigenvalue weighted by molar-refractivity contribution is 5.69. The van der Waals surface area contributed by atoms with E-state index in [0.29, 0.717) is 6.42 Å². The van der Waals surface area contributed by atoms with Crippen molar-refractivity contribution in [2.24, 2.45) is 5.92 Å². The topological polar surface area (TPSA) is 37.3 Å². The first-order valence-electron chi connectivity index (χ1n) is 5.48. The lowest BCUT2D eigenvalue weighted by Crippen LogP contribution is -2.12. The predicted octanol–water partition coefficient (Wildman–Crippen LogP) is 2.83. The lowest BCUT2D eigenvalue weighted by atomic mass is 9.99. The van der Waals surface area contributed by atoms with Crippen LogP contribution in [0.25, 0.3) is 0 Å². The van der Waals surface area contributed by atoms with Gasteiger partial charge in [0.15, 0.2) is 0 Å². The number of rotatable bonds is 4. The van der Waals surface area contributed by atoms with Gasteiger partial charge in [-0.15, -0.1) is 0 Å². The zero-order chi connectivity index (χ0) is 10.8. The molecule has 0 saturated heterocycles. The molecule has 1 aromatic carbocycles. The standard InChI is InChI=1S/C13H16O2/c1-9(13(14)15)8-10-2-4-11(5-3-10)12-6-7-12/h2-5,9,12H,6-8H2,1H3,(H,14,15). The van der Waals surface area contributed by atoms with Crippen LogP contribution in [-0.2, 0) is 11.2 Å². The minimum absolute atomic E-state index is 0.295. The van der Waals surface area contributed by atoms with Gasteiger partial charge in [-0.05, 0) is 36.3 Å². The van der Waals surface area contributed by atoms with Gasteiger partial charge in [0.05, 0.1) is 5.92 Å². The average Bonchev–Trinajstić information content (AvgIpc) is 3.02. The van der Waals surface area contributed by atoms with E-state index >= 15 is 0 Å². The average molecular weight is 204 g/mol. The van der Waals surface area contributed by atoms with E-state index in [9.17, 15) is 4.79 Å². The van der Waals surface area contributed by atoms with Gasteiger partial charge in [-0.3, -0.25) is 4.79 Å². The quantitative estimate of drug-likeness (QED) is 0.818. The van der Waals surface area contributed by atoms with E-state index in [1.54, 1.807) is 6.92 Å². The molecule has 0 bridgehead atoms. The molecule has 0 heterocycles. The summed E-state index contributed by atoms with van der Waals surface area (Å²) >= 11 is 0. The molecule has 1 fully saturated rings. The van der Waals surface area contributed by atoms with Crippen LogP contribution < -0.4 is 0 Å². The maximum Gasteiger partial charge on any atom is 0.306 e. The summed E-state index contributed by atoms with van der Waals surface area (Å²) in [4.78, 5) is 10.7. The zero-order valence-electron chi connectivity index (χ0n) is 8.94. The summed E-state index contributed by atoms with van der Waals surface area (Å²) in [6.45, 7) is 1.75. The van der Waals surface area contributed by atoms with Gasteiger partial charge in [0.1, 0.15) is 0 Å². The van der Waals surface area contributed by atoms with Gasteiger partial charge in [-0.2, -0.15) is 0 Å². The number of hydrogen-bond donors (Lipinski definition) is 1. The molecule has 0 amide bonds. The summed E-state index contributed by atoms with van der Waals surface area (Å²) in [7, 11) is 0. The monoisotopic (exact) mass is 204 g/mol. The number of carbonyl (C=O) groups is 1. The molecule has 0 aromatic heterocycles. The Hall–Kier alpha value is -1.31. The van der Waals surface area contributed by atoms with E-state index in [-0.39, 0.29) is 5.92 Å². The molecule has 0 radical (unpaired) electrons. The maximum absolute atomic E-state index is 10.7. The molecular formula is C13H16O2. The molecule has 80 valence electrons. The van der Waals surface area contributed by atoms with Crippen molar-refractivity contribution in [2.75, 3.05) is 0 Å². The van der Waals surface area contributed by atoms with Crippen molar-refractivity contribution < 1.29 is 9.90 Å². The second-order valence-corrected chi connectivity index (χ2v) is 4.46. The molecular weight excluding hydrogens is 188 g/mol. The van der Waals surface area contributed by atoms with E-state index in [1.807, 2.05) is 0 Å². The van der Waals surface area contributed by atoms with Gasteiger partial charge < -0.3 is 5.11 Å². The zero-order valence-corrected chi connectivity index (χ0v) is 8.94. The molecule has 2 rings (SSSR count). The van der Waals surface area contributed by atoms with Crippen molar-refractivity contribution in [1.29, 1.82) is 0 Å². The molecule has 2 heteroatoms. The molecule has 1 N–H and O–H groups in total. The first-order valence-corrected chi connectivity index (χ1v) is 5.48. The highest BCUT2D eigenvalue weighted by Crippen LogP contribution is 2.39. The first kappa shape index (κ1) is 10.2. The lowest BCUT2D eigenvalue weighted by molar-refractivity contribution is -0.141. The van der Waals surface area contributed by atoms with Crippen molar-refractivity contribution in [2.45, 2.75) is 32.1 Å². The fourth-order valence-electron chi connectivity index (χ4n) is 1.78. The summed E-state index contributed by atoms with van der Waals surface area (Å²) in [5, 5.41) is 8.80. The summed E-state index contributed by atoms with van der Waals surface area (Å²) in [6, 6.07) is 8.41. The van der Waals surface area contributed by atoms with E-state index in [4.69, 9.17) is 5.11 Å². The van der Waals surface area contributed by atoms with Gasteiger partial charge >= 0.3 is 5.97 Å². The molecule has 0 spiro atoms. The third-order valence-electron chi connectivity index (χ3n) is 2.99. The van der Waals surface area contributed by atoms with Crippen LogP contribution in [0.5, 0.6) is 0 Å². The van der Waals surface area contributed by atoms with Crippen molar-refractivity contribution in [1.82, 2.24) is 0 Å². The van der Waals surface area contributed by atoms with E-state index in [2.05, 4.69) is 24.3 Å². The molecule has 1 saturated carbocycles. The van der Waals surface area contributed by atoms with Crippen LogP contribution in [0.3, 0.4) is 0 Å². The Morgan fingerprint density at radius 1 is 1.40 bits per heavy atom. The van der Waals surface area contributed by atoms with E-state index in [1.165, 1.54) is 18.4 Å². The SMILES string of the molecule is CC(Cc1ccc(C2CC2)cc1)C(=O)O. The Bertz CT molecular complexity index is 349. The molecule has 1 aromatic rings. The van der Waals surface area contributed by atoms with Crippen molar-refractivity contribution in [3.05, 3.63) is 35.4 Å². The third kappa shape index (κ3) is 2.58. The highest BCUT2D eigenvalue weighted by atomic mass is 16.4. The van der Waals surface area contributed by atoms with Gasteiger partial charge in [-0.25, -0.2) is 0 Å². The first-order chi connectivity index (χ1) is 7.16. The van der Waals surface area contributed by atoms with Crippen molar-refractivity contribution in [3.8, 4) is 0 Å². The minimum atomic E-state index is -0.721. The van der Waals surface area contributed by atoms with Gasteiger partial charge in [0.25, 0.3) is 0 Å². The Balaban J connectivity index is 2.00. The number of carboxylic acids is 1. The highest BCUT2D eigenvalue weighted by Gasteiger charge is 2.23. The van der Waals surface area contributed by atoms with Gasteiger partial charge in [0, 0.05) is 0 Å². The van der Waals surface area contributed by atoms with E-state index in [0.717, 1.165) is 11.5 Å². The predicted molar refractivity (Wildman–Crippen MR) is 58.9 cm³/mol. The molecule has 0 aliphatic heterocycles. The maximum atomic E-state index is 10.7. The fourth-order valence-corrected chi connectivity index (χ4v) is 1.78. The molecule has 1 aliphatic rings. The van der Waals surface area contributed by atoms with Crippen LogP contribution in [0.2, 0.25) is 0 Å². The molecule has 1 unspecified atom stereocenters. The summed E-state index contributed by atoms with van der Waals surface area (Å²) in [5.74, 6) is -0.242. The summed E-state index contributed by atoms with van der Waals surface area (Å²) in [5.41, 5.74) is 2.52. The van der Waals surface area contributed by atoms with Crippen LogP contribution in [0, 0.1) is 5.92 Å². The molecule has 1 aliphatic carbocycles. The van der Waals surface area contributed by atoms with Crippen LogP contribution in [0.4, 0.5) is 0 Å². The Labute approximate surface area is 89.9 Å². The van der Waals surface area contributed by atoms with Crippen LogP contribution >= 0.6 is 0 Å². The summed E-state index contributed by atoms with van der Waals surface area (Å²) < 4.78 is 0. The molecule has 15 heavy (non-hydrogen) atoms. The largest absolute Gasteiger partial charge is 0.481 e.